The van der Waals surface area contributed by atoms with Crippen LogP contribution in [0.2, 0.25) is 0 Å². The third-order valence-corrected chi connectivity index (χ3v) is 4.67. The molecular weight excluding hydrogens is 343 g/mol. The van der Waals surface area contributed by atoms with Gasteiger partial charge in [-0.2, -0.15) is 0 Å². The fourth-order valence-electron chi connectivity index (χ4n) is 3.73. The molecule has 2 aliphatic heterocycles. The molecule has 0 aromatic carbocycles. The number of aliphatic hydroxyl groups is 1. The molecule has 1 amide bonds. The summed E-state index contributed by atoms with van der Waals surface area (Å²) in [6, 6.07) is 0.483. The van der Waals surface area contributed by atoms with Crippen molar-refractivity contribution in [2.24, 2.45) is 0 Å². The Morgan fingerprint density at radius 2 is 2.00 bits per heavy atom. The van der Waals surface area contributed by atoms with Gasteiger partial charge in [0.1, 0.15) is 11.4 Å². The molecule has 0 aliphatic carbocycles. The van der Waals surface area contributed by atoms with Gasteiger partial charge in [0.2, 0.25) is 5.88 Å². The van der Waals surface area contributed by atoms with Crippen molar-refractivity contribution >= 4 is 6.09 Å². The largest absolute Gasteiger partial charge is 0.481 e. The van der Waals surface area contributed by atoms with Crippen LogP contribution in [0.4, 0.5) is 9.18 Å². The maximum absolute atomic E-state index is 13.8. The minimum atomic E-state index is -1.36. The smallest absolute Gasteiger partial charge is 0.410 e. The number of piperidine rings is 1. The normalized spacial score (nSPS) is 28.6. The lowest BCUT2D eigenvalue weighted by molar-refractivity contribution is -0.141. The molecule has 1 aromatic rings. The Balaban J connectivity index is 1.90. The van der Waals surface area contributed by atoms with Gasteiger partial charge in [0.25, 0.3) is 0 Å². The minimum Gasteiger partial charge on any atom is -0.481 e. The van der Waals surface area contributed by atoms with Crippen molar-refractivity contribution in [3.63, 3.8) is 0 Å². The number of pyridine rings is 1. The van der Waals surface area contributed by atoms with Gasteiger partial charge in [0, 0.05) is 18.4 Å². The van der Waals surface area contributed by atoms with Gasteiger partial charge in [-0.1, -0.05) is 0 Å². The van der Waals surface area contributed by atoms with Crippen LogP contribution in [0.3, 0.4) is 0 Å². The number of hydrogen-bond donors (Lipinski definition) is 1. The van der Waals surface area contributed by atoms with E-state index in [1.54, 1.807) is 25.7 Å². The first-order valence-electron chi connectivity index (χ1n) is 8.64. The maximum Gasteiger partial charge on any atom is 0.410 e. The third-order valence-electron chi connectivity index (χ3n) is 4.67. The van der Waals surface area contributed by atoms with Crippen molar-refractivity contribution in [1.29, 1.82) is 0 Å². The van der Waals surface area contributed by atoms with E-state index in [2.05, 4.69) is 4.98 Å². The van der Waals surface area contributed by atoms with Crippen molar-refractivity contribution < 1.29 is 28.5 Å². The Labute approximate surface area is 152 Å². The van der Waals surface area contributed by atoms with Crippen molar-refractivity contribution in [3.8, 4) is 5.88 Å². The molecule has 144 valence electrons. The van der Waals surface area contributed by atoms with Crippen LogP contribution >= 0.6 is 0 Å². The predicted molar refractivity (Wildman–Crippen MR) is 90.3 cm³/mol. The summed E-state index contributed by atoms with van der Waals surface area (Å²) in [6.07, 6.45) is 0.988. The van der Waals surface area contributed by atoms with Crippen LogP contribution in [0.25, 0.3) is 0 Å². The second-order valence-corrected chi connectivity index (χ2v) is 7.88. The highest BCUT2D eigenvalue weighted by molar-refractivity contribution is 5.69. The van der Waals surface area contributed by atoms with Gasteiger partial charge in [-0.15, -0.1) is 0 Å². The molecule has 1 aromatic heterocycles. The zero-order valence-electron chi connectivity index (χ0n) is 15.5. The number of fused-ring (bicyclic) bond motifs is 2. The molecule has 2 aliphatic rings. The van der Waals surface area contributed by atoms with E-state index in [4.69, 9.17) is 14.2 Å². The van der Waals surface area contributed by atoms with Crippen molar-refractivity contribution in [2.75, 3.05) is 20.3 Å². The van der Waals surface area contributed by atoms with E-state index >= 15 is 0 Å². The average Bonchev–Trinajstić information content (AvgIpc) is 2.52. The Kier molecular flexibility index (Phi) is 4.83. The number of carbonyl (C=O) groups is 1. The molecule has 2 bridgehead atoms. The lowest BCUT2D eigenvalue weighted by Gasteiger charge is -2.51. The molecule has 1 N–H and O–H groups in total. The number of rotatable bonds is 2. The molecule has 2 atom stereocenters. The highest BCUT2D eigenvalue weighted by Crippen LogP contribution is 2.44. The van der Waals surface area contributed by atoms with Crippen molar-refractivity contribution in [3.05, 3.63) is 23.6 Å². The van der Waals surface area contributed by atoms with Gasteiger partial charge in [-0.25, -0.2) is 14.2 Å². The van der Waals surface area contributed by atoms with Crippen LogP contribution in [0.1, 0.15) is 39.2 Å². The molecule has 7 nitrogen and oxygen atoms in total. The zero-order valence-corrected chi connectivity index (χ0v) is 15.5. The highest BCUT2D eigenvalue weighted by Gasteiger charge is 2.51. The van der Waals surface area contributed by atoms with Crippen LogP contribution in [0.5, 0.6) is 5.88 Å². The standard InChI is InChI=1S/C18H25FN2O5/c1-17(2,3)26-16(22)21-12-6-18(23,7-13(21)10-25-9-12)14-5-11(19)8-20-15(14)24-4/h5,8,12-13,23H,6-7,9-10H2,1-4H3. The van der Waals surface area contributed by atoms with Crippen LogP contribution in [-0.2, 0) is 15.1 Å². The first-order valence-corrected chi connectivity index (χ1v) is 8.64. The number of hydrogen-bond acceptors (Lipinski definition) is 6. The van der Waals surface area contributed by atoms with E-state index < -0.39 is 23.1 Å². The number of aromatic nitrogens is 1. The lowest BCUT2D eigenvalue weighted by Crippen LogP contribution is -2.63. The van der Waals surface area contributed by atoms with Gasteiger partial charge in [0.15, 0.2) is 0 Å². The Morgan fingerprint density at radius 3 is 2.54 bits per heavy atom. The topological polar surface area (TPSA) is 81.1 Å². The number of nitrogens with zero attached hydrogens (tertiary/aromatic N) is 2. The second-order valence-electron chi connectivity index (χ2n) is 7.88. The third kappa shape index (κ3) is 3.61. The SMILES string of the molecule is COc1ncc(F)cc1C1(O)CC2COCC(C1)N2C(=O)OC(C)(C)C. The summed E-state index contributed by atoms with van der Waals surface area (Å²) in [7, 11) is 1.42. The van der Waals surface area contributed by atoms with E-state index in [0.717, 1.165) is 6.20 Å². The quantitative estimate of drug-likeness (QED) is 0.862. The van der Waals surface area contributed by atoms with Crippen LogP contribution in [0, 0.1) is 5.82 Å². The number of methoxy groups -OCH3 is 1. The summed E-state index contributed by atoms with van der Waals surface area (Å²) < 4.78 is 30.0. The second kappa shape index (κ2) is 6.66. The van der Waals surface area contributed by atoms with Crippen LogP contribution in [-0.4, -0.2) is 59.1 Å². The molecule has 0 spiro atoms. The van der Waals surface area contributed by atoms with Crippen LogP contribution < -0.4 is 4.74 Å². The molecule has 26 heavy (non-hydrogen) atoms. The zero-order chi connectivity index (χ0) is 19.1. The molecule has 2 unspecified atom stereocenters. The summed E-state index contributed by atoms with van der Waals surface area (Å²) >= 11 is 0. The van der Waals surface area contributed by atoms with Gasteiger partial charge >= 0.3 is 6.09 Å². The monoisotopic (exact) mass is 368 g/mol. The highest BCUT2D eigenvalue weighted by atomic mass is 19.1. The van der Waals surface area contributed by atoms with E-state index in [1.807, 2.05) is 0 Å². The fourth-order valence-corrected chi connectivity index (χ4v) is 3.73. The predicted octanol–water partition coefficient (Wildman–Crippen LogP) is 2.22. The maximum atomic E-state index is 13.8. The van der Waals surface area contributed by atoms with Gasteiger partial charge in [-0.05, 0) is 26.8 Å². The molecule has 3 heterocycles. The molecular formula is C18H25FN2O5. The molecule has 0 saturated carbocycles. The fraction of sp³-hybridized carbons (Fsp3) is 0.667. The van der Waals surface area contributed by atoms with Crippen LogP contribution in [0.15, 0.2) is 12.3 Å². The summed E-state index contributed by atoms with van der Waals surface area (Å²) in [4.78, 5) is 18.2. The number of halogens is 1. The number of amides is 1. The molecule has 3 rings (SSSR count). The van der Waals surface area contributed by atoms with Gasteiger partial charge in [0.05, 0.1) is 44.2 Å². The minimum absolute atomic E-state index is 0.179. The molecule has 2 saturated heterocycles. The molecule has 8 heteroatoms. The first-order chi connectivity index (χ1) is 12.1. The summed E-state index contributed by atoms with van der Waals surface area (Å²) in [5.74, 6) is -0.371. The van der Waals surface area contributed by atoms with Gasteiger partial charge < -0.3 is 19.3 Å². The van der Waals surface area contributed by atoms with E-state index in [0.29, 0.717) is 5.56 Å². The Bertz CT molecular complexity index is 677. The molecule has 0 radical (unpaired) electrons. The number of ether oxygens (including phenoxy) is 3. The summed E-state index contributed by atoms with van der Waals surface area (Å²) in [5.41, 5.74) is -1.69. The van der Waals surface area contributed by atoms with E-state index in [9.17, 15) is 14.3 Å². The van der Waals surface area contributed by atoms with E-state index in [-0.39, 0.29) is 44.0 Å². The average molecular weight is 368 g/mol. The first kappa shape index (κ1) is 18.8. The molecule has 2 fully saturated rings. The van der Waals surface area contributed by atoms with E-state index in [1.165, 1.54) is 13.2 Å². The lowest BCUT2D eigenvalue weighted by atomic mass is 9.77. The number of carbonyl (C=O) groups excluding carboxylic acids is 1. The summed E-state index contributed by atoms with van der Waals surface area (Å²) in [6.45, 7) is 5.98. The van der Waals surface area contributed by atoms with Gasteiger partial charge in [-0.3, -0.25) is 4.90 Å². The van der Waals surface area contributed by atoms with Crippen molar-refractivity contribution in [1.82, 2.24) is 9.88 Å². The Hall–Kier alpha value is -1.93. The summed E-state index contributed by atoms with van der Waals surface area (Å²) in [5, 5.41) is 11.3. The van der Waals surface area contributed by atoms with Crippen molar-refractivity contribution in [2.45, 2.75) is 56.9 Å². The number of morpholine rings is 1. The Morgan fingerprint density at radius 1 is 1.38 bits per heavy atom.